The Labute approximate surface area is 121 Å². The van der Waals surface area contributed by atoms with Gasteiger partial charge in [0.25, 0.3) is 0 Å². The number of hydrogen-bond acceptors (Lipinski definition) is 3. The first kappa shape index (κ1) is 14.3. The third kappa shape index (κ3) is 3.67. The van der Waals surface area contributed by atoms with Crippen molar-refractivity contribution in [2.75, 3.05) is 31.5 Å². The molecule has 104 valence electrons. The Morgan fingerprint density at radius 1 is 1.53 bits per heavy atom. The molecule has 1 saturated heterocycles. The summed E-state index contributed by atoms with van der Waals surface area (Å²) in [5.41, 5.74) is 8.98. The number of likely N-dealkylation sites (tertiary alicyclic amines) is 1. The molecule has 0 amide bonds. The Morgan fingerprint density at radius 2 is 2.32 bits per heavy atom. The van der Waals surface area contributed by atoms with Gasteiger partial charge < -0.3 is 16.0 Å². The molecule has 0 bridgehead atoms. The van der Waals surface area contributed by atoms with E-state index < -0.39 is 0 Å². The Kier molecular flexibility index (Phi) is 4.77. The van der Waals surface area contributed by atoms with E-state index in [4.69, 9.17) is 18.0 Å². The standard InChI is InChI=1S/C15H23N3S/c1-3-18-7-6-12(10-18)9-17-14-5-4-13(15(16)19)8-11(14)2/h4-5,8,12,17H,3,6-7,9-10H2,1-2H3,(H2,16,19). The second-order valence-electron chi connectivity index (χ2n) is 5.32. The van der Waals surface area contributed by atoms with E-state index >= 15 is 0 Å². The SMILES string of the molecule is CCN1CCC(CNc2ccc(C(N)=S)cc2C)C1. The van der Waals surface area contributed by atoms with E-state index in [1.807, 2.05) is 6.07 Å². The van der Waals surface area contributed by atoms with Crippen molar-refractivity contribution in [3.8, 4) is 0 Å². The molecular weight excluding hydrogens is 254 g/mol. The van der Waals surface area contributed by atoms with Crippen molar-refractivity contribution in [3.05, 3.63) is 29.3 Å². The van der Waals surface area contributed by atoms with E-state index in [9.17, 15) is 0 Å². The number of nitrogens with zero attached hydrogens (tertiary/aromatic N) is 1. The second-order valence-corrected chi connectivity index (χ2v) is 5.76. The quantitative estimate of drug-likeness (QED) is 0.811. The van der Waals surface area contributed by atoms with Crippen LogP contribution in [-0.4, -0.2) is 36.1 Å². The number of rotatable bonds is 5. The van der Waals surface area contributed by atoms with E-state index in [2.05, 4.69) is 36.2 Å². The Bertz CT molecular complexity index is 459. The molecule has 1 heterocycles. The molecule has 4 heteroatoms. The van der Waals surface area contributed by atoms with E-state index in [1.54, 1.807) is 0 Å². The molecule has 19 heavy (non-hydrogen) atoms. The minimum Gasteiger partial charge on any atom is -0.389 e. The van der Waals surface area contributed by atoms with Crippen molar-refractivity contribution in [1.82, 2.24) is 4.90 Å². The summed E-state index contributed by atoms with van der Waals surface area (Å²) in [6.07, 6.45) is 1.30. The van der Waals surface area contributed by atoms with Gasteiger partial charge in [-0.05, 0) is 56.1 Å². The van der Waals surface area contributed by atoms with Crippen LogP contribution in [0.5, 0.6) is 0 Å². The molecule has 3 N–H and O–H groups in total. The number of nitrogens with one attached hydrogen (secondary N) is 1. The highest BCUT2D eigenvalue weighted by molar-refractivity contribution is 7.80. The summed E-state index contributed by atoms with van der Waals surface area (Å²) in [7, 11) is 0. The number of hydrogen-bond donors (Lipinski definition) is 2. The molecule has 0 saturated carbocycles. The molecule has 0 aliphatic carbocycles. The maximum Gasteiger partial charge on any atom is 0.103 e. The van der Waals surface area contributed by atoms with Crippen molar-refractivity contribution >= 4 is 22.9 Å². The molecule has 1 fully saturated rings. The predicted octanol–water partition coefficient (Wildman–Crippen LogP) is 2.38. The van der Waals surface area contributed by atoms with Gasteiger partial charge in [-0.3, -0.25) is 0 Å². The lowest BCUT2D eigenvalue weighted by Crippen LogP contribution is -2.22. The van der Waals surface area contributed by atoms with Gasteiger partial charge in [0.2, 0.25) is 0 Å². The van der Waals surface area contributed by atoms with Gasteiger partial charge in [-0.25, -0.2) is 0 Å². The maximum atomic E-state index is 5.64. The van der Waals surface area contributed by atoms with Crippen LogP contribution in [0.1, 0.15) is 24.5 Å². The first-order valence-electron chi connectivity index (χ1n) is 6.96. The smallest absolute Gasteiger partial charge is 0.103 e. The molecule has 2 rings (SSSR count). The third-order valence-electron chi connectivity index (χ3n) is 3.91. The summed E-state index contributed by atoms with van der Waals surface area (Å²) in [5.74, 6) is 0.759. The number of nitrogens with two attached hydrogens (primary N) is 1. The molecule has 3 nitrogen and oxygen atoms in total. The second kappa shape index (κ2) is 6.35. The molecule has 0 radical (unpaired) electrons. The topological polar surface area (TPSA) is 41.3 Å². The van der Waals surface area contributed by atoms with E-state index in [0.29, 0.717) is 4.99 Å². The zero-order valence-electron chi connectivity index (χ0n) is 11.8. The summed E-state index contributed by atoms with van der Waals surface area (Å²) >= 11 is 5.00. The largest absolute Gasteiger partial charge is 0.389 e. The normalized spacial score (nSPS) is 19.6. The van der Waals surface area contributed by atoms with E-state index in [1.165, 1.54) is 30.8 Å². The summed E-state index contributed by atoms with van der Waals surface area (Å²) in [4.78, 5) is 2.97. The molecule has 0 spiro atoms. The van der Waals surface area contributed by atoms with Crippen LogP contribution in [0.25, 0.3) is 0 Å². The van der Waals surface area contributed by atoms with Crippen molar-refractivity contribution in [3.63, 3.8) is 0 Å². The zero-order valence-corrected chi connectivity index (χ0v) is 12.6. The maximum absolute atomic E-state index is 5.64. The zero-order chi connectivity index (χ0) is 13.8. The first-order valence-corrected chi connectivity index (χ1v) is 7.37. The molecule has 1 aromatic rings. The van der Waals surface area contributed by atoms with Crippen LogP contribution in [0.4, 0.5) is 5.69 Å². The van der Waals surface area contributed by atoms with Crippen LogP contribution in [0.2, 0.25) is 0 Å². The van der Waals surface area contributed by atoms with Crippen molar-refractivity contribution < 1.29 is 0 Å². The van der Waals surface area contributed by atoms with E-state index in [0.717, 1.165) is 24.6 Å². The van der Waals surface area contributed by atoms with Gasteiger partial charge in [0.05, 0.1) is 0 Å². The highest BCUT2D eigenvalue weighted by Crippen LogP contribution is 2.20. The van der Waals surface area contributed by atoms with Crippen LogP contribution < -0.4 is 11.1 Å². The lowest BCUT2D eigenvalue weighted by Gasteiger charge is -2.16. The lowest BCUT2D eigenvalue weighted by molar-refractivity contribution is 0.345. The van der Waals surface area contributed by atoms with Crippen LogP contribution in [0, 0.1) is 12.8 Å². The number of anilines is 1. The Balaban J connectivity index is 1.91. The fourth-order valence-electron chi connectivity index (χ4n) is 2.64. The molecular formula is C15H23N3S. The van der Waals surface area contributed by atoms with Crippen LogP contribution in [0.3, 0.4) is 0 Å². The van der Waals surface area contributed by atoms with Crippen molar-refractivity contribution in [2.45, 2.75) is 20.3 Å². The third-order valence-corrected chi connectivity index (χ3v) is 4.15. The Hall–Kier alpha value is -1.13. The monoisotopic (exact) mass is 277 g/mol. The molecule has 1 unspecified atom stereocenters. The average Bonchev–Trinajstić information content (AvgIpc) is 2.85. The van der Waals surface area contributed by atoms with Crippen molar-refractivity contribution in [2.24, 2.45) is 11.7 Å². The molecule has 1 aliphatic heterocycles. The Morgan fingerprint density at radius 3 is 2.89 bits per heavy atom. The molecule has 1 aliphatic rings. The minimum atomic E-state index is 0.462. The first-order chi connectivity index (χ1) is 9.10. The van der Waals surface area contributed by atoms with Crippen LogP contribution in [-0.2, 0) is 0 Å². The molecule has 1 aromatic carbocycles. The summed E-state index contributed by atoms with van der Waals surface area (Å²) in [6, 6.07) is 6.12. The van der Waals surface area contributed by atoms with Crippen LogP contribution in [0.15, 0.2) is 18.2 Å². The average molecular weight is 277 g/mol. The number of thiocarbonyl (C=S) groups is 1. The number of benzene rings is 1. The number of aryl methyl sites for hydroxylation is 1. The van der Waals surface area contributed by atoms with Gasteiger partial charge in [-0.1, -0.05) is 19.1 Å². The van der Waals surface area contributed by atoms with Gasteiger partial charge in [-0.15, -0.1) is 0 Å². The van der Waals surface area contributed by atoms with Gasteiger partial charge in [0.15, 0.2) is 0 Å². The fraction of sp³-hybridized carbons (Fsp3) is 0.533. The van der Waals surface area contributed by atoms with Gasteiger partial charge in [0.1, 0.15) is 4.99 Å². The molecule has 0 aromatic heterocycles. The lowest BCUT2D eigenvalue weighted by atomic mass is 10.1. The summed E-state index contributed by atoms with van der Waals surface area (Å²) < 4.78 is 0. The highest BCUT2D eigenvalue weighted by atomic mass is 32.1. The minimum absolute atomic E-state index is 0.462. The summed E-state index contributed by atoms with van der Waals surface area (Å²) in [5, 5.41) is 3.55. The highest BCUT2D eigenvalue weighted by Gasteiger charge is 2.20. The van der Waals surface area contributed by atoms with Gasteiger partial charge in [-0.2, -0.15) is 0 Å². The van der Waals surface area contributed by atoms with Crippen LogP contribution >= 0.6 is 12.2 Å². The van der Waals surface area contributed by atoms with Crippen molar-refractivity contribution in [1.29, 1.82) is 0 Å². The predicted molar refractivity (Wildman–Crippen MR) is 85.8 cm³/mol. The van der Waals surface area contributed by atoms with E-state index in [-0.39, 0.29) is 0 Å². The fourth-order valence-corrected chi connectivity index (χ4v) is 2.76. The molecule has 1 atom stereocenters. The summed E-state index contributed by atoms with van der Waals surface area (Å²) in [6.45, 7) is 8.99. The van der Waals surface area contributed by atoms with Gasteiger partial charge in [0, 0.05) is 24.3 Å². The van der Waals surface area contributed by atoms with Gasteiger partial charge >= 0.3 is 0 Å².